The van der Waals surface area contributed by atoms with Crippen LogP contribution in [0.1, 0.15) is 23.2 Å². The molecule has 0 radical (unpaired) electrons. The fraction of sp³-hybridized carbons (Fsp3) is 0.250. The van der Waals surface area contributed by atoms with Gasteiger partial charge in [-0.3, -0.25) is 9.59 Å². The molecule has 0 aliphatic rings. The molecule has 0 aromatic heterocycles. The van der Waals surface area contributed by atoms with Crippen LogP contribution >= 0.6 is 11.6 Å². The van der Waals surface area contributed by atoms with E-state index in [4.69, 9.17) is 22.4 Å². The fourth-order valence-corrected chi connectivity index (χ4v) is 1.71. The Bertz CT molecular complexity index is 595. The van der Waals surface area contributed by atoms with Crippen LogP contribution in [0.4, 0.5) is 8.78 Å². The highest BCUT2D eigenvalue weighted by Gasteiger charge is 2.23. The first-order valence-electron chi connectivity index (χ1n) is 5.69. The molecule has 0 heterocycles. The summed E-state index contributed by atoms with van der Waals surface area (Å²) in [6.07, 6.45) is -0.500. The summed E-state index contributed by atoms with van der Waals surface area (Å²) in [5, 5.41) is 10.6. The smallest absolute Gasteiger partial charge is 0.326 e. The van der Waals surface area contributed by atoms with E-state index < -0.39 is 41.0 Å². The average molecular weight is 321 g/mol. The number of benzene rings is 1. The number of carboxylic acid groups (broad SMARTS) is 1. The van der Waals surface area contributed by atoms with Crippen LogP contribution < -0.4 is 11.1 Å². The fourth-order valence-electron chi connectivity index (χ4n) is 1.48. The number of hydrogen-bond acceptors (Lipinski definition) is 3. The van der Waals surface area contributed by atoms with Gasteiger partial charge in [0.25, 0.3) is 5.91 Å². The van der Waals surface area contributed by atoms with E-state index in [1.807, 2.05) is 0 Å². The first-order chi connectivity index (χ1) is 9.72. The Morgan fingerprint density at radius 3 is 2.38 bits per heavy atom. The van der Waals surface area contributed by atoms with Crippen molar-refractivity contribution in [2.45, 2.75) is 18.9 Å². The molecule has 114 valence electrons. The number of carbonyl (C=O) groups is 3. The second-order valence-electron chi connectivity index (χ2n) is 4.12. The number of carbonyl (C=O) groups excluding carboxylic acids is 2. The van der Waals surface area contributed by atoms with Crippen LogP contribution in [0.15, 0.2) is 12.1 Å². The third-order valence-corrected chi connectivity index (χ3v) is 2.85. The van der Waals surface area contributed by atoms with Gasteiger partial charge in [-0.1, -0.05) is 11.6 Å². The van der Waals surface area contributed by atoms with E-state index in [9.17, 15) is 23.2 Å². The third-order valence-electron chi connectivity index (χ3n) is 2.54. The maximum atomic E-state index is 13.1. The number of primary amides is 1. The molecule has 1 atom stereocenters. The van der Waals surface area contributed by atoms with Gasteiger partial charge in [0.05, 0.1) is 10.6 Å². The Morgan fingerprint density at radius 1 is 1.29 bits per heavy atom. The lowest BCUT2D eigenvalue weighted by atomic mass is 10.1. The molecule has 4 N–H and O–H groups in total. The molecule has 1 rings (SSSR count). The second kappa shape index (κ2) is 6.98. The Kier molecular flexibility index (Phi) is 5.60. The summed E-state index contributed by atoms with van der Waals surface area (Å²) in [6.45, 7) is 0. The standard InChI is InChI=1S/C12H11ClF2N2O4/c13-6-4-8(15)7(14)3-5(6)11(19)17-9(12(20)21)1-2-10(16)18/h3-4,9H,1-2H2,(H2,16,18)(H,17,19)(H,20,21). The quantitative estimate of drug-likeness (QED) is 0.681. The normalized spacial score (nSPS) is 11.8. The summed E-state index contributed by atoms with van der Waals surface area (Å²) in [4.78, 5) is 33.4. The highest BCUT2D eigenvalue weighted by Crippen LogP contribution is 2.20. The first kappa shape index (κ1) is 16.8. The summed E-state index contributed by atoms with van der Waals surface area (Å²) >= 11 is 5.60. The van der Waals surface area contributed by atoms with Crippen molar-refractivity contribution in [3.05, 3.63) is 34.4 Å². The average Bonchev–Trinajstić information content (AvgIpc) is 2.37. The molecule has 9 heteroatoms. The molecule has 0 saturated heterocycles. The van der Waals surface area contributed by atoms with E-state index >= 15 is 0 Å². The molecule has 6 nitrogen and oxygen atoms in total. The molecule has 0 spiro atoms. The van der Waals surface area contributed by atoms with E-state index in [2.05, 4.69) is 5.32 Å². The van der Waals surface area contributed by atoms with Crippen molar-refractivity contribution in [2.75, 3.05) is 0 Å². The van der Waals surface area contributed by atoms with Gasteiger partial charge in [0.2, 0.25) is 5.91 Å². The van der Waals surface area contributed by atoms with Crippen molar-refractivity contribution in [3.63, 3.8) is 0 Å². The van der Waals surface area contributed by atoms with Crippen LogP contribution in [0.25, 0.3) is 0 Å². The molecule has 0 aliphatic carbocycles. The summed E-state index contributed by atoms with van der Waals surface area (Å²) in [5.41, 5.74) is 4.47. The Hall–Kier alpha value is -2.22. The second-order valence-corrected chi connectivity index (χ2v) is 4.52. The number of halogens is 3. The number of rotatable bonds is 6. The van der Waals surface area contributed by atoms with Crippen LogP contribution in [0, 0.1) is 11.6 Å². The van der Waals surface area contributed by atoms with Crippen LogP contribution in [0.3, 0.4) is 0 Å². The van der Waals surface area contributed by atoms with Gasteiger partial charge in [0.1, 0.15) is 6.04 Å². The van der Waals surface area contributed by atoms with E-state index in [1.165, 1.54) is 0 Å². The summed E-state index contributed by atoms with van der Waals surface area (Å²) in [7, 11) is 0. The van der Waals surface area contributed by atoms with Gasteiger partial charge >= 0.3 is 5.97 Å². The largest absolute Gasteiger partial charge is 0.480 e. The highest BCUT2D eigenvalue weighted by molar-refractivity contribution is 6.33. The number of hydrogen-bond donors (Lipinski definition) is 3. The monoisotopic (exact) mass is 320 g/mol. The van der Waals surface area contributed by atoms with E-state index in [1.54, 1.807) is 0 Å². The molecular formula is C12H11ClF2N2O4. The molecule has 0 fully saturated rings. The lowest BCUT2D eigenvalue weighted by Crippen LogP contribution is -2.41. The molecule has 0 saturated carbocycles. The van der Waals surface area contributed by atoms with Crippen molar-refractivity contribution in [3.8, 4) is 0 Å². The number of aliphatic carboxylic acids is 1. The van der Waals surface area contributed by atoms with E-state index in [0.717, 1.165) is 0 Å². The minimum atomic E-state index is -1.41. The Balaban J connectivity index is 2.89. The third kappa shape index (κ3) is 4.67. The minimum absolute atomic E-state index is 0.238. The summed E-state index contributed by atoms with van der Waals surface area (Å²) in [5.74, 6) is -5.67. The van der Waals surface area contributed by atoms with Gasteiger partial charge in [-0.05, 0) is 18.6 Å². The van der Waals surface area contributed by atoms with Crippen molar-refractivity contribution in [1.82, 2.24) is 5.32 Å². The lowest BCUT2D eigenvalue weighted by Gasteiger charge is -2.14. The van der Waals surface area contributed by atoms with Crippen LogP contribution in [0.2, 0.25) is 5.02 Å². The maximum absolute atomic E-state index is 13.1. The predicted octanol–water partition coefficient (Wildman–Crippen LogP) is 1.07. The molecule has 2 amide bonds. The summed E-state index contributed by atoms with van der Waals surface area (Å²) < 4.78 is 26.0. The maximum Gasteiger partial charge on any atom is 0.326 e. The molecule has 0 aliphatic heterocycles. The van der Waals surface area contributed by atoms with Gasteiger partial charge in [-0.15, -0.1) is 0 Å². The predicted molar refractivity (Wildman–Crippen MR) is 68.7 cm³/mol. The number of nitrogens with one attached hydrogen (secondary N) is 1. The zero-order chi connectivity index (χ0) is 16.2. The minimum Gasteiger partial charge on any atom is -0.480 e. The Morgan fingerprint density at radius 2 is 1.86 bits per heavy atom. The number of amides is 2. The van der Waals surface area contributed by atoms with Crippen molar-refractivity contribution < 1.29 is 28.3 Å². The topological polar surface area (TPSA) is 109 Å². The van der Waals surface area contributed by atoms with Crippen molar-refractivity contribution in [1.29, 1.82) is 0 Å². The lowest BCUT2D eigenvalue weighted by molar-refractivity contribution is -0.139. The van der Waals surface area contributed by atoms with Gasteiger partial charge in [-0.25, -0.2) is 13.6 Å². The molecule has 0 bridgehead atoms. The number of nitrogens with two attached hydrogens (primary N) is 1. The Labute approximate surface area is 122 Å². The van der Waals surface area contributed by atoms with Crippen LogP contribution in [-0.2, 0) is 9.59 Å². The van der Waals surface area contributed by atoms with Gasteiger partial charge in [-0.2, -0.15) is 0 Å². The summed E-state index contributed by atoms with van der Waals surface area (Å²) in [6, 6.07) is -0.250. The van der Waals surface area contributed by atoms with Gasteiger partial charge < -0.3 is 16.2 Å². The molecule has 1 aromatic carbocycles. The van der Waals surface area contributed by atoms with Crippen molar-refractivity contribution in [2.24, 2.45) is 5.73 Å². The zero-order valence-electron chi connectivity index (χ0n) is 10.5. The molecule has 21 heavy (non-hydrogen) atoms. The molecule has 1 aromatic rings. The first-order valence-corrected chi connectivity index (χ1v) is 6.06. The zero-order valence-corrected chi connectivity index (χ0v) is 11.3. The van der Waals surface area contributed by atoms with Crippen LogP contribution in [0.5, 0.6) is 0 Å². The highest BCUT2D eigenvalue weighted by atomic mass is 35.5. The SMILES string of the molecule is NC(=O)CCC(NC(=O)c1cc(F)c(F)cc1Cl)C(=O)O. The number of carboxylic acids is 1. The van der Waals surface area contributed by atoms with E-state index in [-0.39, 0.29) is 17.9 Å². The molecule has 1 unspecified atom stereocenters. The van der Waals surface area contributed by atoms with Gasteiger partial charge in [0.15, 0.2) is 11.6 Å². The molecular weight excluding hydrogens is 310 g/mol. The van der Waals surface area contributed by atoms with Gasteiger partial charge in [0, 0.05) is 6.42 Å². The van der Waals surface area contributed by atoms with Crippen molar-refractivity contribution >= 4 is 29.4 Å². The van der Waals surface area contributed by atoms with E-state index in [0.29, 0.717) is 12.1 Å². The van der Waals surface area contributed by atoms with Crippen LogP contribution in [-0.4, -0.2) is 28.9 Å².